The Balaban J connectivity index is 1.53. The monoisotopic (exact) mass is 822 g/mol. The molecular formula is C42H24Cl6N6. The van der Waals surface area contributed by atoms with Gasteiger partial charge in [-0.2, -0.15) is 0 Å². The highest BCUT2D eigenvalue weighted by atomic mass is 35.5. The molecule has 2 N–H and O–H groups in total. The van der Waals surface area contributed by atoms with E-state index in [2.05, 4.69) is 9.97 Å². The lowest BCUT2D eigenvalue weighted by molar-refractivity contribution is 0.924. The van der Waals surface area contributed by atoms with Gasteiger partial charge in [-0.1, -0.05) is 87.8 Å². The van der Waals surface area contributed by atoms with Crippen LogP contribution >= 0.6 is 69.6 Å². The summed E-state index contributed by atoms with van der Waals surface area (Å²) in [6, 6.07) is 24.2. The van der Waals surface area contributed by atoms with Gasteiger partial charge in [0.25, 0.3) is 0 Å². The molecule has 0 fully saturated rings. The van der Waals surface area contributed by atoms with Crippen molar-refractivity contribution in [3.05, 3.63) is 144 Å². The molecule has 54 heavy (non-hydrogen) atoms. The Morgan fingerprint density at radius 2 is 0.741 bits per heavy atom. The standard InChI is InChI=1S/C42H24Cl6N6/c1-54-20-19-49-42(54)41-33-17-15-31(52-33)39(36-23(45)7-3-8-24(36)46)29-13-11-27(50-29)38(35-21(43)5-2-6-22(35)44)28-12-14-30(51-28)40(32-16-18-34(41)53-32)37-25(47)9-4-10-26(37)48/h2-20,50,53H,1H3. The summed E-state index contributed by atoms with van der Waals surface area (Å²) in [4.78, 5) is 22.5. The molecule has 264 valence electrons. The van der Waals surface area contributed by atoms with Crippen LogP contribution in [0, 0.1) is 0 Å². The van der Waals surface area contributed by atoms with Gasteiger partial charge in [0.15, 0.2) is 0 Å². The first-order valence-corrected chi connectivity index (χ1v) is 18.9. The van der Waals surface area contributed by atoms with Crippen molar-refractivity contribution in [2.45, 2.75) is 0 Å². The Morgan fingerprint density at radius 1 is 0.426 bits per heavy atom. The highest BCUT2D eigenvalue weighted by molar-refractivity contribution is 6.41. The molecule has 0 amide bonds. The van der Waals surface area contributed by atoms with Crippen molar-refractivity contribution < 1.29 is 0 Å². The second-order valence-corrected chi connectivity index (χ2v) is 15.1. The molecule has 0 saturated heterocycles. The van der Waals surface area contributed by atoms with Crippen LogP contribution in [-0.2, 0) is 7.05 Å². The zero-order chi connectivity index (χ0) is 37.2. The van der Waals surface area contributed by atoms with Crippen molar-refractivity contribution in [1.29, 1.82) is 0 Å². The second-order valence-electron chi connectivity index (χ2n) is 12.7. The van der Waals surface area contributed by atoms with Crippen molar-refractivity contribution in [3.8, 4) is 44.8 Å². The van der Waals surface area contributed by atoms with Crippen molar-refractivity contribution in [2.24, 2.45) is 7.05 Å². The number of hydrogen-bond acceptors (Lipinski definition) is 3. The van der Waals surface area contributed by atoms with E-state index in [1.807, 2.05) is 109 Å². The van der Waals surface area contributed by atoms with Gasteiger partial charge in [-0.25, -0.2) is 15.0 Å². The summed E-state index contributed by atoms with van der Waals surface area (Å²) in [7, 11) is 1.94. The van der Waals surface area contributed by atoms with E-state index in [0.717, 1.165) is 16.6 Å². The van der Waals surface area contributed by atoms with Crippen LogP contribution in [0.25, 0.3) is 91.1 Å². The predicted molar refractivity (Wildman–Crippen MR) is 227 cm³/mol. The molecule has 12 heteroatoms. The number of nitrogens with one attached hydrogen (secondary N) is 2. The maximum atomic E-state index is 6.94. The average molecular weight is 825 g/mol. The third-order valence-corrected chi connectivity index (χ3v) is 11.3. The van der Waals surface area contributed by atoms with Gasteiger partial charge in [-0.05, 0) is 85.0 Å². The van der Waals surface area contributed by atoms with E-state index in [1.165, 1.54) is 0 Å². The first-order valence-electron chi connectivity index (χ1n) is 16.6. The number of nitrogens with zero attached hydrogens (tertiary/aromatic N) is 4. The third kappa shape index (κ3) is 5.86. The molecule has 0 saturated carbocycles. The number of aromatic nitrogens is 6. The first-order chi connectivity index (χ1) is 26.2. The lowest BCUT2D eigenvalue weighted by Crippen LogP contribution is -1.95. The summed E-state index contributed by atoms with van der Waals surface area (Å²) in [6.07, 6.45) is 11.4. The Bertz CT molecular complexity index is 2820. The molecule has 9 rings (SSSR count). The van der Waals surface area contributed by atoms with E-state index in [4.69, 9.17) is 84.6 Å². The van der Waals surface area contributed by atoms with Gasteiger partial charge in [-0.3, -0.25) is 0 Å². The maximum Gasteiger partial charge on any atom is 0.143 e. The van der Waals surface area contributed by atoms with E-state index in [-0.39, 0.29) is 0 Å². The van der Waals surface area contributed by atoms with Gasteiger partial charge in [0.05, 0.1) is 64.0 Å². The molecule has 6 nitrogen and oxygen atoms in total. The summed E-state index contributed by atoms with van der Waals surface area (Å²) in [5.41, 5.74) is 10.2. The zero-order valence-corrected chi connectivity index (χ0v) is 32.6. The van der Waals surface area contributed by atoms with E-state index in [9.17, 15) is 0 Å². The third-order valence-electron chi connectivity index (χ3n) is 9.44. The molecule has 3 aromatic carbocycles. The minimum absolute atomic E-state index is 0.456. The van der Waals surface area contributed by atoms with Gasteiger partial charge in [0.2, 0.25) is 0 Å². The average Bonchev–Trinajstić information content (AvgIpc) is 3.99. The lowest BCUT2D eigenvalue weighted by Gasteiger charge is -2.11. The van der Waals surface area contributed by atoms with E-state index in [0.29, 0.717) is 103 Å². The number of imidazole rings is 1. The first kappa shape index (κ1) is 34.9. The van der Waals surface area contributed by atoms with Gasteiger partial charge < -0.3 is 14.5 Å². The second kappa shape index (κ2) is 13.8. The number of hydrogen-bond donors (Lipinski definition) is 2. The Morgan fingerprint density at radius 3 is 1.06 bits per heavy atom. The Kier molecular flexibility index (Phi) is 8.94. The predicted octanol–water partition coefficient (Wildman–Crippen LogP) is 14.0. The van der Waals surface area contributed by atoms with Crippen LogP contribution in [0.4, 0.5) is 0 Å². The van der Waals surface area contributed by atoms with Gasteiger partial charge in [0.1, 0.15) is 5.82 Å². The fourth-order valence-electron chi connectivity index (χ4n) is 7.05. The van der Waals surface area contributed by atoms with Crippen LogP contribution in [-0.4, -0.2) is 29.5 Å². The summed E-state index contributed by atoms with van der Waals surface area (Å²) in [5, 5.41) is 2.79. The number of fused-ring (bicyclic) bond motifs is 8. The van der Waals surface area contributed by atoms with Crippen LogP contribution in [0.2, 0.25) is 30.1 Å². The minimum atomic E-state index is 0.456. The molecule has 6 heterocycles. The van der Waals surface area contributed by atoms with Crippen LogP contribution in [0.5, 0.6) is 0 Å². The van der Waals surface area contributed by atoms with Crippen molar-refractivity contribution >= 4 is 116 Å². The van der Waals surface area contributed by atoms with Gasteiger partial charge >= 0.3 is 0 Å². The molecule has 0 aliphatic carbocycles. The largest absolute Gasteiger partial charge is 0.354 e. The van der Waals surface area contributed by atoms with Crippen LogP contribution in [0.1, 0.15) is 22.8 Å². The quantitative estimate of drug-likeness (QED) is 0.186. The number of aromatic amines is 2. The Hall–Kier alpha value is -4.79. The Labute approximate surface area is 339 Å². The summed E-state index contributed by atoms with van der Waals surface area (Å²) >= 11 is 41.6. The fourth-order valence-corrected chi connectivity index (χ4v) is 8.81. The van der Waals surface area contributed by atoms with Gasteiger partial charge in [-0.15, -0.1) is 0 Å². The molecule has 4 aromatic heterocycles. The summed E-state index contributed by atoms with van der Waals surface area (Å²) in [5.74, 6) is 0.704. The van der Waals surface area contributed by atoms with Crippen LogP contribution < -0.4 is 0 Å². The van der Waals surface area contributed by atoms with Gasteiger partial charge in [0, 0.05) is 69.4 Å². The normalized spacial score (nSPS) is 12.2. The van der Waals surface area contributed by atoms with E-state index < -0.39 is 0 Å². The van der Waals surface area contributed by atoms with Crippen molar-refractivity contribution in [1.82, 2.24) is 29.5 Å². The molecule has 2 aliphatic rings. The number of halogens is 6. The number of benzene rings is 3. The maximum absolute atomic E-state index is 6.94. The number of rotatable bonds is 4. The molecule has 8 bridgehead atoms. The van der Waals surface area contributed by atoms with Crippen molar-refractivity contribution in [3.63, 3.8) is 0 Å². The molecule has 0 radical (unpaired) electrons. The SMILES string of the molecule is Cn1ccnc1-c1c2nc(c(-c3c(Cl)cccc3Cl)c3ccc([nH]3)c(-c3c(Cl)cccc3Cl)c3nc(c(-c4c(Cl)cccc4Cl)c4ccc1[nH]4)C=C3)C=C2. The highest BCUT2D eigenvalue weighted by Gasteiger charge is 2.24. The molecule has 2 aliphatic heterocycles. The summed E-state index contributed by atoms with van der Waals surface area (Å²) < 4.78 is 1.95. The minimum Gasteiger partial charge on any atom is -0.354 e. The molecular weight excluding hydrogens is 801 g/mol. The van der Waals surface area contributed by atoms with E-state index >= 15 is 0 Å². The molecule has 0 atom stereocenters. The topological polar surface area (TPSA) is 75.2 Å². The van der Waals surface area contributed by atoms with Crippen LogP contribution in [0.15, 0.2) is 91.3 Å². The highest BCUT2D eigenvalue weighted by Crippen LogP contribution is 2.45. The molecule has 0 unspecified atom stereocenters. The number of H-pyrrole nitrogens is 2. The lowest BCUT2D eigenvalue weighted by atomic mass is 10.0. The van der Waals surface area contributed by atoms with E-state index in [1.54, 1.807) is 18.3 Å². The van der Waals surface area contributed by atoms with Crippen LogP contribution in [0.3, 0.4) is 0 Å². The van der Waals surface area contributed by atoms with Crippen molar-refractivity contribution in [2.75, 3.05) is 0 Å². The fraction of sp³-hybridized carbons (Fsp3) is 0.0238. The number of aryl methyl sites for hydroxylation is 1. The molecule has 7 aromatic rings. The zero-order valence-electron chi connectivity index (χ0n) is 28.0. The molecule has 0 spiro atoms. The summed E-state index contributed by atoms with van der Waals surface area (Å²) in [6.45, 7) is 0. The smallest absolute Gasteiger partial charge is 0.143 e.